The average molecular weight is 210 g/mol. The van der Waals surface area contributed by atoms with Crippen LogP contribution >= 0.6 is 0 Å². The summed E-state index contributed by atoms with van der Waals surface area (Å²) in [4.78, 5) is 2.29. The highest BCUT2D eigenvalue weighted by Gasteiger charge is 2.25. The molecule has 1 saturated carbocycles. The maximum Gasteiger partial charge on any atom is 0.0991 e. The number of amidine groups is 1. The van der Waals surface area contributed by atoms with Gasteiger partial charge in [0.1, 0.15) is 0 Å². The summed E-state index contributed by atoms with van der Waals surface area (Å²) in [5.74, 6) is 2.09. The van der Waals surface area contributed by atoms with Crippen molar-refractivity contribution in [2.75, 3.05) is 6.54 Å². The van der Waals surface area contributed by atoms with Crippen LogP contribution in [0.3, 0.4) is 0 Å². The summed E-state index contributed by atoms with van der Waals surface area (Å²) < 4.78 is 0. The summed E-state index contributed by atoms with van der Waals surface area (Å²) in [5, 5.41) is 8.29. The molecule has 2 heteroatoms. The Morgan fingerprint density at radius 3 is 2.13 bits per heavy atom. The fourth-order valence-electron chi connectivity index (χ4n) is 2.41. The Hall–Kier alpha value is -0.530. The van der Waals surface area contributed by atoms with Crippen LogP contribution in [0.15, 0.2) is 0 Å². The molecule has 0 bridgehead atoms. The molecule has 15 heavy (non-hydrogen) atoms. The molecule has 0 aromatic heterocycles. The molecule has 1 N–H and O–H groups in total. The number of nitrogens with one attached hydrogen (secondary N) is 1. The first-order valence-electron chi connectivity index (χ1n) is 6.37. The van der Waals surface area contributed by atoms with Crippen molar-refractivity contribution in [1.82, 2.24) is 4.90 Å². The van der Waals surface area contributed by atoms with Crippen LogP contribution in [0.2, 0.25) is 0 Å². The van der Waals surface area contributed by atoms with Gasteiger partial charge in [-0.05, 0) is 32.6 Å². The molecule has 2 nitrogen and oxygen atoms in total. The van der Waals surface area contributed by atoms with Crippen LogP contribution < -0.4 is 0 Å². The van der Waals surface area contributed by atoms with Crippen LogP contribution in [0.1, 0.15) is 53.4 Å². The standard InChI is InChI=1S/C13H26N2/c1-10(2)9-15(11(3)4)13(14)12-7-5-6-8-12/h10-12,14H,5-9H2,1-4H3. The second kappa shape index (κ2) is 5.53. The van der Waals surface area contributed by atoms with E-state index in [1.807, 2.05) is 0 Å². The summed E-state index contributed by atoms with van der Waals surface area (Å²) in [5.41, 5.74) is 0. The Balaban J connectivity index is 2.57. The number of hydrogen-bond acceptors (Lipinski definition) is 1. The zero-order valence-corrected chi connectivity index (χ0v) is 10.7. The van der Waals surface area contributed by atoms with Gasteiger partial charge in [0.05, 0.1) is 5.84 Å². The Morgan fingerprint density at radius 2 is 1.73 bits per heavy atom. The molecule has 0 heterocycles. The normalized spacial score (nSPS) is 17.7. The minimum Gasteiger partial charge on any atom is -0.358 e. The molecule has 1 fully saturated rings. The number of nitrogens with zero attached hydrogens (tertiary/aromatic N) is 1. The van der Waals surface area contributed by atoms with Crippen LogP contribution in [0.5, 0.6) is 0 Å². The molecule has 1 aliphatic rings. The molecule has 0 amide bonds. The van der Waals surface area contributed by atoms with Crippen molar-refractivity contribution < 1.29 is 0 Å². The molecule has 1 rings (SSSR count). The Bertz CT molecular complexity index is 203. The van der Waals surface area contributed by atoms with E-state index < -0.39 is 0 Å². The smallest absolute Gasteiger partial charge is 0.0991 e. The highest BCUT2D eigenvalue weighted by molar-refractivity contribution is 5.82. The molecule has 0 aromatic carbocycles. The lowest BCUT2D eigenvalue weighted by Gasteiger charge is -2.33. The maximum atomic E-state index is 8.29. The minimum absolute atomic E-state index is 0.473. The summed E-state index contributed by atoms with van der Waals surface area (Å²) in [7, 11) is 0. The molecule has 0 aliphatic heterocycles. The van der Waals surface area contributed by atoms with Gasteiger partial charge in [-0.2, -0.15) is 0 Å². The van der Waals surface area contributed by atoms with Gasteiger partial charge < -0.3 is 4.90 Å². The molecule has 0 unspecified atom stereocenters. The van der Waals surface area contributed by atoms with Crippen molar-refractivity contribution in [1.29, 1.82) is 5.41 Å². The molecule has 0 radical (unpaired) electrons. The summed E-state index contributed by atoms with van der Waals surface area (Å²) >= 11 is 0. The van der Waals surface area contributed by atoms with Crippen molar-refractivity contribution >= 4 is 5.84 Å². The second-order valence-corrected chi connectivity index (χ2v) is 5.51. The Kier molecular flexibility index (Phi) is 4.62. The third-order valence-corrected chi connectivity index (χ3v) is 3.24. The van der Waals surface area contributed by atoms with Crippen LogP contribution in [-0.2, 0) is 0 Å². The van der Waals surface area contributed by atoms with E-state index in [2.05, 4.69) is 32.6 Å². The lowest BCUT2D eigenvalue weighted by Crippen LogP contribution is -2.42. The van der Waals surface area contributed by atoms with Gasteiger partial charge in [0.2, 0.25) is 0 Å². The van der Waals surface area contributed by atoms with Gasteiger partial charge in [-0.25, -0.2) is 0 Å². The fraction of sp³-hybridized carbons (Fsp3) is 0.923. The fourth-order valence-corrected chi connectivity index (χ4v) is 2.41. The Morgan fingerprint density at radius 1 is 1.20 bits per heavy atom. The first-order chi connectivity index (χ1) is 7.02. The number of hydrogen-bond donors (Lipinski definition) is 1. The molecular formula is C13H26N2. The highest BCUT2D eigenvalue weighted by atomic mass is 15.2. The zero-order chi connectivity index (χ0) is 11.4. The van der Waals surface area contributed by atoms with Crippen molar-refractivity contribution in [3.63, 3.8) is 0 Å². The van der Waals surface area contributed by atoms with Crippen molar-refractivity contribution in [2.45, 2.75) is 59.4 Å². The van der Waals surface area contributed by atoms with Crippen molar-refractivity contribution in [3.8, 4) is 0 Å². The highest BCUT2D eigenvalue weighted by Crippen LogP contribution is 2.27. The predicted molar refractivity (Wildman–Crippen MR) is 66.4 cm³/mol. The maximum absolute atomic E-state index is 8.29. The van der Waals surface area contributed by atoms with Crippen molar-refractivity contribution in [3.05, 3.63) is 0 Å². The molecule has 0 atom stereocenters. The monoisotopic (exact) mass is 210 g/mol. The molecule has 0 saturated heterocycles. The Labute approximate surface area is 94.6 Å². The van der Waals surface area contributed by atoms with Gasteiger partial charge in [-0.3, -0.25) is 5.41 Å². The van der Waals surface area contributed by atoms with Crippen molar-refractivity contribution in [2.24, 2.45) is 11.8 Å². The quantitative estimate of drug-likeness (QED) is 0.558. The van der Waals surface area contributed by atoms with Gasteiger partial charge in [0.15, 0.2) is 0 Å². The first-order valence-corrected chi connectivity index (χ1v) is 6.37. The van der Waals surface area contributed by atoms with Crippen LogP contribution in [0.25, 0.3) is 0 Å². The van der Waals surface area contributed by atoms with E-state index in [1.54, 1.807) is 0 Å². The molecule has 0 aromatic rings. The van der Waals surface area contributed by atoms with Gasteiger partial charge >= 0.3 is 0 Å². The summed E-state index contributed by atoms with van der Waals surface area (Å²) in [6, 6.07) is 0.473. The number of rotatable bonds is 4. The third-order valence-electron chi connectivity index (χ3n) is 3.24. The van der Waals surface area contributed by atoms with Crippen LogP contribution in [0, 0.1) is 17.2 Å². The lowest BCUT2D eigenvalue weighted by molar-refractivity contribution is 0.293. The van der Waals surface area contributed by atoms with E-state index in [0.717, 1.165) is 12.4 Å². The molecule has 88 valence electrons. The topological polar surface area (TPSA) is 27.1 Å². The lowest BCUT2D eigenvalue weighted by atomic mass is 10.0. The van der Waals surface area contributed by atoms with Gasteiger partial charge in [-0.15, -0.1) is 0 Å². The summed E-state index contributed by atoms with van der Waals surface area (Å²) in [6.45, 7) is 9.90. The molecular weight excluding hydrogens is 184 g/mol. The summed E-state index contributed by atoms with van der Waals surface area (Å²) in [6.07, 6.45) is 5.11. The largest absolute Gasteiger partial charge is 0.358 e. The van der Waals surface area contributed by atoms with E-state index in [-0.39, 0.29) is 0 Å². The van der Waals surface area contributed by atoms with Gasteiger partial charge in [-0.1, -0.05) is 26.7 Å². The van der Waals surface area contributed by atoms with Gasteiger partial charge in [0.25, 0.3) is 0 Å². The predicted octanol–water partition coefficient (Wildman–Crippen LogP) is 3.52. The zero-order valence-electron chi connectivity index (χ0n) is 10.7. The average Bonchev–Trinajstić information content (AvgIpc) is 2.65. The van der Waals surface area contributed by atoms with E-state index in [0.29, 0.717) is 17.9 Å². The minimum atomic E-state index is 0.473. The van der Waals surface area contributed by atoms with Crippen LogP contribution in [-0.4, -0.2) is 23.3 Å². The van der Waals surface area contributed by atoms with E-state index >= 15 is 0 Å². The van der Waals surface area contributed by atoms with E-state index in [1.165, 1.54) is 25.7 Å². The molecule has 0 spiro atoms. The van der Waals surface area contributed by atoms with Gasteiger partial charge in [0, 0.05) is 18.5 Å². The SMILES string of the molecule is CC(C)CN(C(=N)C1CCCC1)C(C)C. The van der Waals surface area contributed by atoms with E-state index in [4.69, 9.17) is 5.41 Å². The molecule has 1 aliphatic carbocycles. The van der Waals surface area contributed by atoms with Crippen LogP contribution in [0.4, 0.5) is 0 Å². The third kappa shape index (κ3) is 3.51. The first kappa shape index (κ1) is 12.5. The second-order valence-electron chi connectivity index (χ2n) is 5.51. The van der Waals surface area contributed by atoms with E-state index in [9.17, 15) is 0 Å².